The summed E-state index contributed by atoms with van der Waals surface area (Å²) in [6.45, 7) is 6.91. The average Bonchev–Trinajstić information content (AvgIpc) is 3.13. The van der Waals surface area contributed by atoms with Crippen molar-refractivity contribution in [3.8, 4) is 5.75 Å². The number of H-pyrrole nitrogens is 1. The van der Waals surface area contributed by atoms with Crippen molar-refractivity contribution >= 4 is 10.9 Å². The normalized spacial score (nSPS) is 27.6. The molecule has 8 heteroatoms. The van der Waals surface area contributed by atoms with Gasteiger partial charge in [0.15, 0.2) is 0 Å². The average molecular weight is 408 g/mol. The van der Waals surface area contributed by atoms with Crippen molar-refractivity contribution in [2.24, 2.45) is 0 Å². The number of likely N-dealkylation sites (N-methyl/N-ethyl adjacent to an activating group) is 1. The topological polar surface area (TPSA) is 118 Å². The van der Waals surface area contributed by atoms with Crippen molar-refractivity contribution < 1.29 is 29.9 Å². The largest absolute Gasteiger partial charge is 0.462 e. The van der Waals surface area contributed by atoms with Gasteiger partial charge >= 0.3 is 0 Å². The molecule has 5 N–H and O–H groups in total. The van der Waals surface area contributed by atoms with Crippen molar-refractivity contribution in [1.82, 2.24) is 9.88 Å². The van der Waals surface area contributed by atoms with Gasteiger partial charge < -0.3 is 39.8 Å². The van der Waals surface area contributed by atoms with Crippen LogP contribution in [0.1, 0.15) is 25.8 Å². The second-order valence-corrected chi connectivity index (χ2v) is 7.52. The van der Waals surface area contributed by atoms with Gasteiger partial charge in [-0.25, -0.2) is 0 Å². The molecular weight excluding hydrogens is 376 g/mol. The number of aromatic amines is 1. The third-order valence-corrected chi connectivity index (χ3v) is 5.52. The molecule has 0 aliphatic carbocycles. The molecule has 0 radical (unpaired) electrons. The van der Waals surface area contributed by atoms with Crippen LogP contribution in [-0.4, -0.2) is 87.3 Å². The van der Waals surface area contributed by atoms with Gasteiger partial charge in [0.25, 0.3) is 0 Å². The molecule has 3 rings (SSSR count). The van der Waals surface area contributed by atoms with Crippen LogP contribution in [0, 0.1) is 0 Å². The fourth-order valence-electron chi connectivity index (χ4n) is 3.76. The van der Waals surface area contributed by atoms with Gasteiger partial charge in [0.1, 0.15) is 30.2 Å². The van der Waals surface area contributed by atoms with E-state index in [1.165, 1.54) is 5.56 Å². The number of fused-ring (bicyclic) bond motifs is 1. The SMILES string of the molecule is CCCN(CC)CCc1c[nH]c2ccc(OC3OC(CO)C(O)C(O)C3O)cc12. The van der Waals surface area contributed by atoms with Crippen LogP contribution >= 0.6 is 0 Å². The van der Waals surface area contributed by atoms with Crippen LogP contribution in [0.4, 0.5) is 0 Å². The zero-order chi connectivity index (χ0) is 21.0. The Labute approximate surface area is 170 Å². The number of ether oxygens (including phenoxy) is 2. The number of hydrogen-bond donors (Lipinski definition) is 5. The lowest BCUT2D eigenvalue weighted by atomic mass is 9.99. The monoisotopic (exact) mass is 408 g/mol. The number of aliphatic hydroxyl groups excluding tert-OH is 4. The first-order valence-corrected chi connectivity index (χ1v) is 10.3. The van der Waals surface area contributed by atoms with Gasteiger partial charge in [-0.3, -0.25) is 0 Å². The zero-order valence-corrected chi connectivity index (χ0v) is 17.0. The summed E-state index contributed by atoms with van der Waals surface area (Å²) < 4.78 is 11.2. The molecule has 1 aromatic heterocycles. The van der Waals surface area contributed by atoms with E-state index in [0.717, 1.165) is 43.4 Å². The number of aliphatic hydroxyl groups is 4. The Bertz CT molecular complexity index is 780. The van der Waals surface area contributed by atoms with E-state index in [1.54, 1.807) is 6.07 Å². The lowest BCUT2D eigenvalue weighted by Gasteiger charge is -2.39. The third kappa shape index (κ3) is 4.91. The number of benzene rings is 1. The molecule has 1 aliphatic rings. The molecule has 0 bridgehead atoms. The summed E-state index contributed by atoms with van der Waals surface area (Å²) in [4.78, 5) is 5.68. The van der Waals surface area contributed by atoms with E-state index in [1.807, 2.05) is 18.3 Å². The predicted molar refractivity (Wildman–Crippen MR) is 109 cm³/mol. The Balaban J connectivity index is 1.73. The van der Waals surface area contributed by atoms with Gasteiger partial charge in [0, 0.05) is 23.6 Å². The molecule has 2 aromatic rings. The molecule has 162 valence electrons. The fourth-order valence-corrected chi connectivity index (χ4v) is 3.76. The number of nitrogens with zero attached hydrogens (tertiary/aromatic N) is 1. The van der Waals surface area contributed by atoms with Crippen LogP contribution in [0.15, 0.2) is 24.4 Å². The molecule has 0 amide bonds. The summed E-state index contributed by atoms with van der Waals surface area (Å²) in [5.41, 5.74) is 2.16. The Morgan fingerprint density at radius 1 is 1.10 bits per heavy atom. The van der Waals surface area contributed by atoms with E-state index in [-0.39, 0.29) is 0 Å². The first kappa shape index (κ1) is 22.0. The highest BCUT2D eigenvalue weighted by molar-refractivity contribution is 5.84. The summed E-state index contributed by atoms with van der Waals surface area (Å²) in [5, 5.41) is 40.4. The van der Waals surface area contributed by atoms with Gasteiger partial charge in [-0.1, -0.05) is 13.8 Å². The molecule has 2 heterocycles. The summed E-state index contributed by atoms with van der Waals surface area (Å²) in [5.74, 6) is 0.476. The zero-order valence-electron chi connectivity index (χ0n) is 17.0. The Hall–Kier alpha value is -1.68. The predicted octanol–water partition coefficient (Wildman–Crippen LogP) is 0.621. The highest BCUT2D eigenvalue weighted by Gasteiger charge is 2.44. The quantitative estimate of drug-likeness (QED) is 0.413. The lowest BCUT2D eigenvalue weighted by molar-refractivity contribution is -0.277. The molecule has 1 aromatic carbocycles. The van der Waals surface area contributed by atoms with Gasteiger partial charge in [0.05, 0.1) is 6.61 Å². The maximum atomic E-state index is 10.2. The minimum absolute atomic E-state index is 0.476. The molecule has 1 fully saturated rings. The molecule has 8 nitrogen and oxygen atoms in total. The van der Waals surface area contributed by atoms with Gasteiger partial charge in [-0.05, 0) is 49.7 Å². The van der Waals surface area contributed by atoms with Crippen LogP contribution in [0.3, 0.4) is 0 Å². The molecule has 5 unspecified atom stereocenters. The van der Waals surface area contributed by atoms with E-state index in [2.05, 4.69) is 23.7 Å². The summed E-state index contributed by atoms with van der Waals surface area (Å²) in [7, 11) is 0. The first-order chi connectivity index (χ1) is 14.0. The number of hydrogen-bond acceptors (Lipinski definition) is 7. The van der Waals surface area contributed by atoms with Crippen molar-refractivity contribution in [1.29, 1.82) is 0 Å². The molecular formula is C21H32N2O6. The maximum absolute atomic E-state index is 10.2. The highest BCUT2D eigenvalue weighted by atomic mass is 16.7. The standard InChI is InChI=1S/C21H32N2O6/c1-3-8-23(4-2)9-7-13-11-22-16-6-5-14(10-15(13)16)28-21-20(27)19(26)18(25)17(12-24)29-21/h5-6,10-11,17-22,24-27H,3-4,7-9,12H2,1-2H3. The van der Waals surface area contributed by atoms with E-state index in [9.17, 15) is 20.4 Å². The Morgan fingerprint density at radius 3 is 2.59 bits per heavy atom. The van der Waals surface area contributed by atoms with Crippen LogP contribution < -0.4 is 4.74 Å². The number of aromatic nitrogens is 1. The summed E-state index contributed by atoms with van der Waals surface area (Å²) in [6.07, 6.45) is -2.46. The molecule has 0 saturated carbocycles. The Morgan fingerprint density at radius 2 is 1.90 bits per heavy atom. The van der Waals surface area contributed by atoms with E-state index in [4.69, 9.17) is 9.47 Å². The minimum Gasteiger partial charge on any atom is -0.462 e. The van der Waals surface area contributed by atoms with Crippen molar-refractivity contribution in [3.63, 3.8) is 0 Å². The van der Waals surface area contributed by atoms with E-state index in [0.29, 0.717) is 5.75 Å². The van der Waals surface area contributed by atoms with Crippen LogP contribution in [-0.2, 0) is 11.2 Å². The minimum atomic E-state index is -1.46. The van der Waals surface area contributed by atoms with Gasteiger partial charge in [-0.15, -0.1) is 0 Å². The second-order valence-electron chi connectivity index (χ2n) is 7.52. The summed E-state index contributed by atoms with van der Waals surface area (Å²) >= 11 is 0. The van der Waals surface area contributed by atoms with Gasteiger partial charge in [0.2, 0.25) is 6.29 Å². The van der Waals surface area contributed by atoms with E-state index >= 15 is 0 Å². The summed E-state index contributed by atoms with van der Waals surface area (Å²) in [6, 6.07) is 5.51. The third-order valence-electron chi connectivity index (χ3n) is 5.52. The smallest absolute Gasteiger partial charge is 0.229 e. The molecule has 1 saturated heterocycles. The van der Waals surface area contributed by atoms with Crippen LogP contribution in [0.25, 0.3) is 10.9 Å². The van der Waals surface area contributed by atoms with E-state index < -0.39 is 37.3 Å². The fraction of sp³-hybridized carbons (Fsp3) is 0.619. The second kappa shape index (κ2) is 9.88. The Kier molecular flexibility index (Phi) is 7.50. The molecule has 5 atom stereocenters. The van der Waals surface area contributed by atoms with Crippen molar-refractivity contribution in [3.05, 3.63) is 30.0 Å². The maximum Gasteiger partial charge on any atom is 0.229 e. The van der Waals surface area contributed by atoms with Gasteiger partial charge in [-0.2, -0.15) is 0 Å². The van der Waals surface area contributed by atoms with Crippen LogP contribution in [0.5, 0.6) is 5.75 Å². The van der Waals surface area contributed by atoms with Crippen molar-refractivity contribution in [2.75, 3.05) is 26.2 Å². The molecule has 0 spiro atoms. The number of nitrogens with one attached hydrogen (secondary N) is 1. The number of rotatable bonds is 9. The molecule has 29 heavy (non-hydrogen) atoms. The van der Waals surface area contributed by atoms with Crippen LogP contribution in [0.2, 0.25) is 0 Å². The van der Waals surface area contributed by atoms with Crippen molar-refractivity contribution in [2.45, 2.75) is 57.4 Å². The lowest BCUT2D eigenvalue weighted by Crippen LogP contribution is -2.60. The highest BCUT2D eigenvalue weighted by Crippen LogP contribution is 2.28. The molecule has 1 aliphatic heterocycles. The first-order valence-electron chi connectivity index (χ1n) is 10.3.